The third kappa shape index (κ3) is 3.34. The van der Waals surface area contributed by atoms with Gasteiger partial charge in [-0.3, -0.25) is 0 Å². The largest absolute Gasteiger partial charge is 0.573 e. The Morgan fingerprint density at radius 2 is 1.87 bits per heavy atom. The van der Waals surface area contributed by atoms with E-state index in [-0.39, 0.29) is 17.4 Å². The maximum absolute atomic E-state index is 12.0. The second-order valence-corrected chi connectivity index (χ2v) is 3.42. The van der Waals surface area contributed by atoms with Crippen LogP contribution in [0.3, 0.4) is 0 Å². The number of alkyl halides is 3. The summed E-state index contributed by atoms with van der Waals surface area (Å²) in [6.45, 7) is 3.49. The fourth-order valence-electron chi connectivity index (χ4n) is 1.21. The van der Waals surface area contributed by atoms with E-state index in [1.54, 1.807) is 13.8 Å². The molecule has 0 aromatic heterocycles. The van der Waals surface area contributed by atoms with Crippen LogP contribution in [0.15, 0.2) is 18.2 Å². The first-order chi connectivity index (χ1) is 6.79. The molecule has 0 atom stereocenters. The fraction of sp³-hybridized carbons (Fsp3) is 0.400. The molecule has 0 radical (unpaired) electrons. The molecule has 1 N–H and O–H groups in total. The lowest BCUT2D eigenvalue weighted by atomic mass is 10.0. The van der Waals surface area contributed by atoms with E-state index < -0.39 is 6.36 Å². The highest BCUT2D eigenvalue weighted by Gasteiger charge is 2.32. The number of hydrogen-bond donors (Lipinski definition) is 1. The van der Waals surface area contributed by atoms with Crippen molar-refractivity contribution >= 4 is 0 Å². The van der Waals surface area contributed by atoms with Gasteiger partial charge in [0.25, 0.3) is 0 Å². The Balaban J connectivity index is 3.08. The normalized spacial score (nSPS) is 11.9. The summed E-state index contributed by atoms with van der Waals surface area (Å²) >= 11 is 0. The van der Waals surface area contributed by atoms with E-state index >= 15 is 0 Å². The van der Waals surface area contributed by atoms with Crippen molar-refractivity contribution in [2.75, 3.05) is 0 Å². The van der Waals surface area contributed by atoms with Crippen LogP contribution >= 0.6 is 0 Å². The van der Waals surface area contributed by atoms with Crippen LogP contribution in [0.2, 0.25) is 0 Å². The molecule has 0 spiro atoms. The quantitative estimate of drug-likeness (QED) is 0.827. The first-order valence-corrected chi connectivity index (χ1v) is 4.38. The van der Waals surface area contributed by atoms with Crippen molar-refractivity contribution in [2.45, 2.75) is 26.1 Å². The predicted octanol–water partition coefficient (Wildman–Crippen LogP) is 3.41. The van der Waals surface area contributed by atoms with Crippen LogP contribution in [0.25, 0.3) is 0 Å². The molecule has 0 bridgehead atoms. The molecule has 0 aliphatic rings. The van der Waals surface area contributed by atoms with Crippen LogP contribution in [0.1, 0.15) is 25.3 Å². The SMILES string of the molecule is CC(C)c1ccc(O)cc1OC(F)(F)F. The van der Waals surface area contributed by atoms with E-state index in [2.05, 4.69) is 4.74 Å². The summed E-state index contributed by atoms with van der Waals surface area (Å²) in [7, 11) is 0. The van der Waals surface area contributed by atoms with Crippen molar-refractivity contribution in [1.29, 1.82) is 0 Å². The number of benzene rings is 1. The molecule has 0 fully saturated rings. The van der Waals surface area contributed by atoms with Gasteiger partial charge in [0, 0.05) is 6.07 Å². The van der Waals surface area contributed by atoms with Crippen molar-refractivity contribution in [2.24, 2.45) is 0 Å². The third-order valence-corrected chi connectivity index (χ3v) is 1.84. The van der Waals surface area contributed by atoms with Gasteiger partial charge >= 0.3 is 6.36 Å². The minimum absolute atomic E-state index is 0.108. The average molecular weight is 220 g/mol. The molecule has 2 nitrogen and oxygen atoms in total. The third-order valence-electron chi connectivity index (χ3n) is 1.84. The van der Waals surface area contributed by atoms with Gasteiger partial charge in [-0.2, -0.15) is 0 Å². The second-order valence-electron chi connectivity index (χ2n) is 3.42. The van der Waals surface area contributed by atoms with Gasteiger partial charge in [0.05, 0.1) is 0 Å². The van der Waals surface area contributed by atoms with Crippen molar-refractivity contribution in [3.8, 4) is 11.5 Å². The number of halogens is 3. The zero-order chi connectivity index (χ0) is 11.6. The second kappa shape index (κ2) is 4.00. The van der Waals surface area contributed by atoms with Gasteiger partial charge in [0.2, 0.25) is 0 Å². The molecule has 1 rings (SSSR count). The fourth-order valence-corrected chi connectivity index (χ4v) is 1.21. The topological polar surface area (TPSA) is 29.5 Å². The van der Waals surface area contributed by atoms with E-state index in [1.165, 1.54) is 12.1 Å². The molecule has 0 saturated carbocycles. The van der Waals surface area contributed by atoms with Crippen molar-refractivity contribution < 1.29 is 23.0 Å². The minimum atomic E-state index is -4.74. The van der Waals surface area contributed by atoms with E-state index in [4.69, 9.17) is 5.11 Å². The molecule has 0 aliphatic heterocycles. The number of rotatable bonds is 2. The summed E-state index contributed by atoms with van der Waals surface area (Å²) in [6, 6.07) is 3.71. The highest BCUT2D eigenvalue weighted by molar-refractivity contribution is 5.41. The van der Waals surface area contributed by atoms with Crippen LogP contribution < -0.4 is 4.74 Å². The maximum atomic E-state index is 12.0. The van der Waals surface area contributed by atoms with E-state index in [9.17, 15) is 13.2 Å². The zero-order valence-electron chi connectivity index (χ0n) is 8.30. The summed E-state index contributed by atoms with van der Waals surface area (Å²) in [4.78, 5) is 0. The molecular formula is C10H11F3O2. The van der Waals surface area contributed by atoms with Crippen LogP contribution in [-0.2, 0) is 0 Å². The van der Waals surface area contributed by atoms with E-state index in [0.717, 1.165) is 6.07 Å². The molecule has 1 aromatic rings. The highest BCUT2D eigenvalue weighted by Crippen LogP contribution is 2.33. The Morgan fingerprint density at radius 1 is 1.27 bits per heavy atom. The molecule has 0 saturated heterocycles. The Hall–Kier alpha value is -1.39. The standard InChI is InChI=1S/C10H11F3O2/c1-6(2)8-4-3-7(14)5-9(8)15-10(11,12)13/h3-6,14H,1-2H3. The maximum Gasteiger partial charge on any atom is 0.573 e. The van der Waals surface area contributed by atoms with Crippen molar-refractivity contribution in [1.82, 2.24) is 0 Å². The summed E-state index contributed by atoms with van der Waals surface area (Å²) in [6.07, 6.45) is -4.74. The van der Waals surface area contributed by atoms with Gasteiger partial charge in [0.1, 0.15) is 11.5 Å². The summed E-state index contributed by atoms with van der Waals surface area (Å²) < 4.78 is 39.9. The van der Waals surface area contributed by atoms with Crippen LogP contribution in [0.5, 0.6) is 11.5 Å². The van der Waals surface area contributed by atoms with Crippen LogP contribution in [0, 0.1) is 0 Å². The number of phenols is 1. The Bertz CT molecular complexity index is 345. The Kier molecular flexibility index (Phi) is 3.12. The molecule has 5 heteroatoms. The summed E-state index contributed by atoms with van der Waals surface area (Å²) in [5.74, 6) is -0.709. The Morgan fingerprint density at radius 3 is 2.33 bits per heavy atom. The molecule has 0 heterocycles. The molecule has 84 valence electrons. The van der Waals surface area contributed by atoms with Gasteiger partial charge < -0.3 is 9.84 Å². The van der Waals surface area contributed by atoms with Gasteiger partial charge in [-0.1, -0.05) is 19.9 Å². The highest BCUT2D eigenvalue weighted by atomic mass is 19.4. The molecule has 15 heavy (non-hydrogen) atoms. The average Bonchev–Trinajstić information content (AvgIpc) is 1.99. The molecule has 1 aromatic carbocycles. The van der Waals surface area contributed by atoms with Gasteiger partial charge in [0.15, 0.2) is 0 Å². The van der Waals surface area contributed by atoms with E-state index in [1.807, 2.05) is 0 Å². The Labute approximate surface area is 85.3 Å². The molecular weight excluding hydrogens is 209 g/mol. The zero-order valence-corrected chi connectivity index (χ0v) is 8.30. The van der Waals surface area contributed by atoms with Gasteiger partial charge in [-0.05, 0) is 17.5 Å². The van der Waals surface area contributed by atoms with Crippen LogP contribution in [0.4, 0.5) is 13.2 Å². The first-order valence-electron chi connectivity index (χ1n) is 4.38. The first kappa shape index (κ1) is 11.7. The molecule has 0 amide bonds. The van der Waals surface area contributed by atoms with Crippen molar-refractivity contribution in [3.05, 3.63) is 23.8 Å². The number of phenolic OH excluding ortho intramolecular Hbond substituents is 1. The number of aromatic hydroxyl groups is 1. The van der Waals surface area contributed by atoms with Crippen LogP contribution in [-0.4, -0.2) is 11.5 Å². The van der Waals surface area contributed by atoms with E-state index in [0.29, 0.717) is 5.56 Å². The lowest BCUT2D eigenvalue weighted by Crippen LogP contribution is -2.18. The lowest BCUT2D eigenvalue weighted by Gasteiger charge is -2.15. The lowest BCUT2D eigenvalue weighted by molar-refractivity contribution is -0.274. The summed E-state index contributed by atoms with van der Waals surface area (Å²) in [5.41, 5.74) is 0.408. The number of ether oxygens (including phenoxy) is 1. The predicted molar refractivity (Wildman–Crippen MR) is 48.9 cm³/mol. The van der Waals surface area contributed by atoms with Crippen molar-refractivity contribution in [3.63, 3.8) is 0 Å². The monoisotopic (exact) mass is 220 g/mol. The van der Waals surface area contributed by atoms with Gasteiger partial charge in [-0.15, -0.1) is 13.2 Å². The van der Waals surface area contributed by atoms with Gasteiger partial charge in [-0.25, -0.2) is 0 Å². The summed E-state index contributed by atoms with van der Waals surface area (Å²) in [5, 5.41) is 9.07. The molecule has 0 aliphatic carbocycles. The smallest absolute Gasteiger partial charge is 0.508 e. The number of hydrogen-bond acceptors (Lipinski definition) is 2. The minimum Gasteiger partial charge on any atom is -0.508 e. The molecule has 0 unspecified atom stereocenters.